The van der Waals surface area contributed by atoms with E-state index in [1.165, 1.54) is 0 Å². The van der Waals surface area contributed by atoms with Gasteiger partial charge in [0, 0.05) is 25.2 Å². The van der Waals surface area contributed by atoms with Crippen molar-refractivity contribution < 1.29 is 18.9 Å². The molecule has 0 aliphatic rings. The van der Waals surface area contributed by atoms with Gasteiger partial charge in [-0.05, 0) is 25.1 Å². The Morgan fingerprint density at radius 1 is 0.966 bits per heavy atom. The van der Waals surface area contributed by atoms with E-state index in [4.69, 9.17) is 23.9 Å². The van der Waals surface area contributed by atoms with Gasteiger partial charge >= 0.3 is 0 Å². The molecule has 158 valence electrons. The first-order chi connectivity index (χ1) is 14.1. The summed E-state index contributed by atoms with van der Waals surface area (Å²) in [4.78, 5) is 6.79. The zero-order valence-electron chi connectivity index (χ0n) is 17.9. The molecule has 0 atom stereocenters. The molecule has 0 aliphatic heterocycles. The lowest BCUT2D eigenvalue weighted by atomic mass is 10.1. The van der Waals surface area contributed by atoms with E-state index >= 15 is 0 Å². The van der Waals surface area contributed by atoms with Crippen LogP contribution in [0.2, 0.25) is 0 Å². The van der Waals surface area contributed by atoms with Gasteiger partial charge < -0.3 is 29.2 Å². The lowest BCUT2D eigenvalue weighted by molar-refractivity contribution is 0.281. The molecule has 0 aliphatic carbocycles. The number of methoxy groups -OCH3 is 3. The van der Waals surface area contributed by atoms with Crippen molar-refractivity contribution in [2.45, 2.75) is 13.5 Å². The van der Waals surface area contributed by atoms with Crippen LogP contribution < -0.4 is 24.3 Å². The second-order valence-electron chi connectivity index (χ2n) is 6.27. The maximum Gasteiger partial charge on any atom is 0.194 e. The first-order valence-corrected chi connectivity index (χ1v) is 9.59. The summed E-state index contributed by atoms with van der Waals surface area (Å²) in [6.07, 6.45) is 0. The first kappa shape index (κ1) is 22.2. The van der Waals surface area contributed by atoms with Gasteiger partial charge in [0.15, 0.2) is 17.5 Å². The van der Waals surface area contributed by atoms with Crippen LogP contribution in [-0.4, -0.2) is 58.9 Å². The van der Waals surface area contributed by atoms with E-state index < -0.39 is 0 Å². The van der Waals surface area contributed by atoms with Crippen LogP contribution in [0.5, 0.6) is 23.0 Å². The van der Waals surface area contributed by atoms with E-state index in [2.05, 4.69) is 5.32 Å². The Morgan fingerprint density at radius 3 is 2.24 bits per heavy atom. The second-order valence-corrected chi connectivity index (χ2v) is 6.27. The maximum absolute atomic E-state index is 5.79. The quantitative estimate of drug-likeness (QED) is 0.487. The van der Waals surface area contributed by atoms with E-state index in [1.807, 2.05) is 61.3 Å². The minimum atomic E-state index is 0.440. The average molecular weight is 402 g/mol. The Hall–Kier alpha value is -3.09. The predicted molar refractivity (Wildman–Crippen MR) is 115 cm³/mol. The summed E-state index contributed by atoms with van der Waals surface area (Å²) in [5, 5.41) is 3.31. The van der Waals surface area contributed by atoms with E-state index in [0.29, 0.717) is 36.9 Å². The molecule has 0 saturated carbocycles. The smallest absolute Gasteiger partial charge is 0.194 e. The van der Waals surface area contributed by atoms with E-state index in [0.717, 1.165) is 23.8 Å². The number of hydrogen-bond donors (Lipinski definition) is 1. The summed E-state index contributed by atoms with van der Waals surface area (Å²) in [5.41, 5.74) is 0.912. The van der Waals surface area contributed by atoms with Crippen LogP contribution >= 0.6 is 0 Å². The third-order valence-corrected chi connectivity index (χ3v) is 4.32. The Labute approximate surface area is 173 Å². The number of rotatable bonds is 10. The monoisotopic (exact) mass is 401 g/mol. The number of benzene rings is 2. The van der Waals surface area contributed by atoms with Gasteiger partial charge in [0.1, 0.15) is 18.1 Å². The fourth-order valence-corrected chi connectivity index (χ4v) is 2.77. The number of para-hydroxylation sites is 1. The molecule has 7 heteroatoms. The molecule has 2 aromatic rings. The largest absolute Gasteiger partial charge is 0.496 e. The molecule has 0 spiro atoms. The fraction of sp³-hybridized carbons (Fsp3) is 0.409. The highest BCUT2D eigenvalue weighted by Crippen LogP contribution is 2.34. The van der Waals surface area contributed by atoms with Gasteiger partial charge in [0.05, 0.1) is 34.4 Å². The highest BCUT2D eigenvalue weighted by Gasteiger charge is 2.13. The van der Waals surface area contributed by atoms with Crippen molar-refractivity contribution in [1.82, 2.24) is 10.2 Å². The number of aliphatic imine (C=N–C) groups is 1. The molecule has 0 saturated heterocycles. The minimum absolute atomic E-state index is 0.440. The van der Waals surface area contributed by atoms with Gasteiger partial charge in [-0.25, -0.2) is 4.99 Å². The number of guanidine groups is 1. The normalized spacial score (nSPS) is 11.0. The van der Waals surface area contributed by atoms with Crippen LogP contribution in [0, 0.1) is 0 Å². The molecule has 1 N–H and O–H groups in total. The maximum atomic E-state index is 5.79. The van der Waals surface area contributed by atoms with Gasteiger partial charge in [-0.3, -0.25) is 0 Å². The summed E-state index contributed by atoms with van der Waals surface area (Å²) in [5.74, 6) is 3.63. The molecular weight excluding hydrogens is 370 g/mol. The van der Waals surface area contributed by atoms with Crippen LogP contribution in [0.25, 0.3) is 0 Å². The third-order valence-electron chi connectivity index (χ3n) is 4.32. The van der Waals surface area contributed by atoms with Gasteiger partial charge in [0.2, 0.25) is 0 Å². The number of hydrogen-bond acceptors (Lipinski definition) is 5. The summed E-state index contributed by atoms with van der Waals surface area (Å²) in [6, 6.07) is 13.5. The zero-order valence-corrected chi connectivity index (χ0v) is 17.9. The summed E-state index contributed by atoms with van der Waals surface area (Å²) in [6.45, 7) is 4.51. The Balaban J connectivity index is 2.07. The van der Waals surface area contributed by atoms with Crippen molar-refractivity contribution in [3.8, 4) is 23.0 Å². The predicted octanol–water partition coefficient (Wildman–Crippen LogP) is 3.19. The lowest BCUT2D eigenvalue weighted by Crippen LogP contribution is -2.40. The van der Waals surface area contributed by atoms with Crippen molar-refractivity contribution in [3.05, 3.63) is 48.0 Å². The van der Waals surface area contributed by atoms with E-state index in [9.17, 15) is 0 Å². The molecule has 0 heterocycles. The molecule has 29 heavy (non-hydrogen) atoms. The molecule has 0 bridgehead atoms. The Kier molecular flexibility index (Phi) is 8.95. The van der Waals surface area contributed by atoms with Crippen molar-refractivity contribution in [2.75, 3.05) is 48.1 Å². The standard InChI is InChI=1S/C22H31N3O4/c1-6-23-22(25(2)12-13-29-18-10-8-7-9-11-18)24-16-17-14-20(27-4)21(28-5)15-19(17)26-3/h7-11,14-15H,6,12-13,16H2,1-5H3,(H,23,24). The van der Waals surface area contributed by atoms with Crippen molar-refractivity contribution in [2.24, 2.45) is 4.99 Å². The topological polar surface area (TPSA) is 64.6 Å². The zero-order chi connectivity index (χ0) is 21.1. The highest BCUT2D eigenvalue weighted by atomic mass is 16.5. The SMILES string of the molecule is CCNC(=NCc1cc(OC)c(OC)cc1OC)N(C)CCOc1ccccc1. The number of ether oxygens (including phenoxy) is 4. The number of nitrogens with one attached hydrogen (secondary N) is 1. The molecular formula is C22H31N3O4. The number of nitrogens with zero attached hydrogens (tertiary/aromatic N) is 2. The van der Waals surface area contributed by atoms with Crippen LogP contribution in [0.1, 0.15) is 12.5 Å². The third kappa shape index (κ3) is 6.48. The van der Waals surface area contributed by atoms with Gasteiger partial charge in [-0.1, -0.05) is 18.2 Å². The van der Waals surface area contributed by atoms with Crippen LogP contribution in [-0.2, 0) is 6.54 Å². The molecule has 0 radical (unpaired) electrons. The summed E-state index contributed by atoms with van der Waals surface area (Å²) in [7, 11) is 6.83. The second kappa shape index (κ2) is 11.7. The van der Waals surface area contributed by atoms with Crippen LogP contribution in [0.15, 0.2) is 47.5 Å². The molecule has 0 fully saturated rings. The van der Waals surface area contributed by atoms with Crippen LogP contribution in [0.3, 0.4) is 0 Å². The Morgan fingerprint density at radius 2 is 1.62 bits per heavy atom. The highest BCUT2D eigenvalue weighted by molar-refractivity contribution is 5.79. The summed E-state index contributed by atoms with van der Waals surface area (Å²) < 4.78 is 22.0. The molecule has 2 aromatic carbocycles. The molecule has 0 unspecified atom stereocenters. The average Bonchev–Trinajstić information content (AvgIpc) is 2.76. The van der Waals surface area contributed by atoms with Gasteiger partial charge in [-0.2, -0.15) is 0 Å². The van der Waals surface area contributed by atoms with Crippen molar-refractivity contribution in [1.29, 1.82) is 0 Å². The van der Waals surface area contributed by atoms with Gasteiger partial charge in [-0.15, -0.1) is 0 Å². The molecule has 0 aromatic heterocycles. The summed E-state index contributed by atoms with van der Waals surface area (Å²) >= 11 is 0. The van der Waals surface area contributed by atoms with E-state index in [1.54, 1.807) is 21.3 Å². The molecule has 0 amide bonds. The van der Waals surface area contributed by atoms with Crippen molar-refractivity contribution in [3.63, 3.8) is 0 Å². The fourth-order valence-electron chi connectivity index (χ4n) is 2.77. The van der Waals surface area contributed by atoms with Gasteiger partial charge in [0.25, 0.3) is 0 Å². The lowest BCUT2D eigenvalue weighted by Gasteiger charge is -2.22. The van der Waals surface area contributed by atoms with E-state index in [-0.39, 0.29) is 0 Å². The molecule has 2 rings (SSSR count). The number of likely N-dealkylation sites (N-methyl/N-ethyl adjacent to an activating group) is 1. The first-order valence-electron chi connectivity index (χ1n) is 9.59. The Bertz CT molecular complexity index is 781. The van der Waals surface area contributed by atoms with Crippen LogP contribution in [0.4, 0.5) is 0 Å². The van der Waals surface area contributed by atoms with Crippen molar-refractivity contribution >= 4 is 5.96 Å². The molecule has 7 nitrogen and oxygen atoms in total. The minimum Gasteiger partial charge on any atom is -0.496 e.